The van der Waals surface area contributed by atoms with Crippen molar-refractivity contribution in [3.8, 4) is 11.4 Å². The Morgan fingerprint density at radius 1 is 1.16 bits per heavy atom. The lowest BCUT2D eigenvalue weighted by atomic mass is 10.2. The highest BCUT2D eigenvalue weighted by Gasteiger charge is 2.10. The first-order valence-corrected chi connectivity index (χ1v) is 6.77. The van der Waals surface area contributed by atoms with Crippen LogP contribution in [0, 0.1) is 0 Å². The molecule has 2 heterocycles. The maximum atomic E-state index is 9.28. The van der Waals surface area contributed by atoms with Crippen molar-refractivity contribution in [3.63, 3.8) is 0 Å². The lowest BCUT2D eigenvalue weighted by Crippen LogP contribution is -2.02. The summed E-state index contributed by atoms with van der Waals surface area (Å²) in [6, 6.07) is 11.2. The zero-order valence-electron chi connectivity index (χ0n) is 9.72. The van der Waals surface area contributed by atoms with Crippen molar-refractivity contribution in [2.24, 2.45) is 0 Å². The molecular weight excluding hydrogens is 330 g/mol. The van der Waals surface area contributed by atoms with Crippen molar-refractivity contribution < 1.29 is 5.11 Å². The summed E-state index contributed by atoms with van der Waals surface area (Å²) in [5.74, 6) is 0.524. The van der Waals surface area contributed by atoms with E-state index in [1.807, 2.05) is 24.3 Å². The van der Waals surface area contributed by atoms with Gasteiger partial charge in [-0.1, -0.05) is 39.7 Å². The molecular formula is C13H9BrClN3O. The molecule has 0 aliphatic carbocycles. The summed E-state index contributed by atoms with van der Waals surface area (Å²) in [5, 5.41) is 14.1. The molecule has 0 spiro atoms. The van der Waals surface area contributed by atoms with Crippen LogP contribution in [0.15, 0.2) is 40.9 Å². The predicted octanol–water partition coefficient (Wildman–Crippen LogP) is 3.30. The summed E-state index contributed by atoms with van der Waals surface area (Å²) >= 11 is 9.53. The molecule has 19 heavy (non-hydrogen) atoms. The van der Waals surface area contributed by atoms with Crippen LogP contribution in [0.3, 0.4) is 0 Å². The Balaban J connectivity index is 2.21. The molecule has 3 aromatic rings. The standard InChI is InChI=1S/C13H9BrClN3O/c14-9-3-1-8(2-4-9)13-16-12(15)11-6-5-10(7-19)18(11)17-13/h1-6,19H,7H2. The van der Waals surface area contributed by atoms with Crippen LogP contribution in [-0.2, 0) is 6.61 Å². The fourth-order valence-electron chi connectivity index (χ4n) is 1.85. The predicted molar refractivity (Wildman–Crippen MR) is 77.1 cm³/mol. The first-order chi connectivity index (χ1) is 9.19. The highest BCUT2D eigenvalue weighted by molar-refractivity contribution is 9.10. The second-order valence-electron chi connectivity index (χ2n) is 4.01. The molecule has 0 atom stereocenters. The third-order valence-corrected chi connectivity index (χ3v) is 3.62. The molecule has 0 amide bonds. The summed E-state index contributed by atoms with van der Waals surface area (Å²) in [4.78, 5) is 4.29. The van der Waals surface area contributed by atoms with E-state index in [0.29, 0.717) is 22.2 Å². The Bertz CT molecular complexity index is 739. The Hall–Kier alpha value is -1.43. The van der Waals surface area contributed by atoms with Gasteiger partial charge in [0.05, 0.1) is 12.3 Å². The average molecular weight is 339 g/mol. The summed E-state index contributed by atoms with van der Waals surface area (Å²) in [5.41, 5.74) is 2.23. The van der Waals surface area contributed by atoms with Crippen molar-refractivity contribution in [2.75, 3.05) is 0 Å². The highest BCUT2D eigenvalue weighted by Crippen LogP contribution is 2.23. The molecule has 6 heteroatoms. The number of aromatic nitrogens is 3. The number of nitrogens with zero attached hydrogens (tertiary/aromatic N) is 3. The van der Waals surface area contributed by atoms with E-state index in [2.05, 4.69) is 26.0 Å². The topological polar surface area (TPSA) is 50.4 Å². The van der Waals surface area contributed by atoms with Gasteiger partial charge in [0.25, 0.3) is 0 Å². The minimum absolute atomic E-state index is 0.0959. The van der Waals surface area contributed by atoms with E-state index in [4.69, 9.17) is 11.6 Å². The van der Waals surface area contributed by atoms with Gasteiger partial charge in [0.1, 0.15) is 5.52 Å². The van der Waals surface area contributed by atoms with E-state index >= 15 is 0 Å². The van der Waals surface area contributed by atoms with Gasteiger partial charge in [0, 0.05) is 10.0 Å². The summed E-state index contributed by atoms with van der Waals surface area (Å²) in [6.45, 7) is -0.0959. The van der Waals surface area contributed by atoms with Gasteiger partial charge in [0.2, 0.25) is 0 Å². The van der Waals surface area contributed by atoms with Gasteiger partial charge < -0.3 is 5.11 Å². The molecule has 0 unspecified atom stereocenters. The Morgan fingerprint density at radius 3 is 2.58 bits per heavy atom. The van der Waals surface area contributed by atoms with Crippen LogP contribution in [0.5, 0.6) is 0 Å². The normalized spacial score (nSPS) is 11.1. The summed E-state index contributed by atoms with van der Waals surface area (Å²) < 4.78 is 2.60. The van der Waals surface area contributed by atoms with Gasteiger partial charge in [-0.15, -0.1) is 5.10 Å². The maximum absolute atomic E-state index is 9.28. The number of aliphatic hydroxyl groups is 1. The number of hydrogen-bond acceptors (Lipinski definition) is 3. The van der Waals surface area contributed by atoms with Gasteiger partial charge >= 0.3 is 0 Å². The monoisotopic (exact) mass is 337 g/mol. The SMILES string of the molecule is OCc1ccc2c(Cl)nc(-c3ccc(Br)cc3)nn12. The number of fused-ring (bicyclic) bond motifs is 1. The van der Waals surface area contributed by atoms with E-state index in [0.717, 1.165) is 10.0 Å². The smallest absolute Gasteiger partial charge is 0.181 e. The largest absolute Gasteiger partial charge is 0.390 e. The second-order valence-corrected chi connectivity index (χ2v) is 5.29. The highest BCUT2D eigenvalue weighted by atomic mass is 79.9. The van der Waals surface area contributed by atoms with Gasteiger partial charge in [-0.25, -0.2) is 9.50 Å². The Morgan fingerprint density at radius 2 is 1.89 bits per heavy atom. The zero-order valence-corrected chi connectivity index (χ0v) is 12.1. The second kappa shape index (κ2) is 4.92. The molecule has 1 aromatic carbocycles. The van der Waals surface area contributed by atoms with Crippen LogP contribution < -0.4 is 0 Å². The van der Waals surface area contributed by atoms with Gasteiger partial charge in [-0.3, -0.25) is 0 Å². The van der Waals surface area contributed by atoms with Crippen LogP contribution in [0.1, 0.15) is 5.69 Å². The van der Waals surface area contributed by atoms with Gasteiger partial charge in [-0.05, 0) is 24.3 Å². The lowest BCUT2D eigenvalue weighted by Gasteiger charge is -2.05. The van der Waals surface area contributed by atoms with Crippen molar-refractivity contribution in [3.05, 3.63) is 51.7 Å². The molecule has 3 rings (SSSR count). The summed E-state index contributed by atoms with van der Waals surface area (Å²) in [7, 11) is 0. The van der Waals surface area contributed by atoms with E-state index < -0.39 is 0 Å². The molecule has 2 aromatic heterocycles. The molecule has 0 saturated heterocycles. The fraction of sp³-hybridized carbons (Fsp3) is 0.0769. The first-order valence-electron chi connectivity index (χ1n) is 5.60. The molecule has 0 aliphatic rings. The molecule has 0 aliphatic heterocycles. The minimum atomic E-state index is -0.0959. The molecule has 96 valence electrons. The number of benzene rings is 1. The molecule has 0 radical (unpaired) electrons. The zero-order chi connectivity index (χ0) is 13.4. The van der Waals surface area contributed by atoms with Crippen LogP contribution in [0.2, 0.25) is 5.15 Å². The number of rotatable bonds is 2. The number of hydrogen-bond donors (Lipinski definition) is 1. The van der Waals surface area contributed by atoms with E-state index in [1.54, 1.807) is 16.6 Å². The van der Waals surface area contributed by atoms with Crippen LogP contribution >= 0.6 is 27.5 Å². The molecule has 4 nitrogen and oxygen atoms in total. The van der Waals surface area contributed by atoms with E-state index in [1.165, 1.54) is 0 Å². The van der Waals surface area contributed by atoms with Crippen LogP contribution in [0.4, 0.5) is 0 Å². The van der Waals surface area contributed by atoms with Crippen molar-refractivity contribution in [2.45, 2.75) is 6.61 Å². The van der Waals surface area contributed by atoms with E-state index in [9.17, 15) is 5.11 Å². The number of aliphatic hydroxyl groups excluding tert-OH is 1. The molecule has 0 saturated carbocycles. The quantitative estimate of drug-likeness (QED) is 0.780. The van der Waals surface area contributed by atoms with Gasteiger partial charge in [0.15, 0.2) is 11.0 Å². The van der Waals surface area contributed by atoms with Crippen molar-refractivity contribution in [1.29, 1.82) is 0 Å². The fourth-order valence-corrected chi connectivity index (χ4v) is 2.34. The third-order valence-electron chi connectivity index (χ3n) is 2.81. The molecule has 1 N–H and O–H groups in total. The van der Waals surface area contributed by atoms with Crippen molar-refractivity contribution in [1.82, 2.24) is 14.6 Å². The third kappa shape index (κ3) is 2.25. The van der Waals surface area contributed by atoms with Crippen LogP contribution in [0.25, 0.3) is 16.9 Å². The van der Waals surface area contributed by atoms with Gasteiger partial charge in [-0.2, -0.15) is 0 Å². The lowest BCUT2D eigenvalue weighted by molar-refractivity contribution is 0.274. The molecule has 0 fully saturated rings. The Labute approximate surface area is 122 Å². The minimum Gasteiger partial charge on any atom is -0.390 e. The number of halogens is 2. The Kier molecular flexibility index (Phi) is 3.26. The average Bonchev–Trinajstić information content (AvgIpc) is 2.83. The van der Waals surface area contributed by atoms with E-state index in [-0.39, 0.29) is 6.61 Å². The molecule has 0 bridgehead atoms. The maximum Gasteiger partial charge on any atom is 0.181 e. The van der Waals surface area contributed by atoms with Crippen LogP contribution in [-0.4, -0.2) is 19.7 Å². The van der Waals surface area contributed by atoms with Crippen molar-refractivity contribution >= 4 is 33.0 Å². The first kappa shape index (κ1) is 12.6. The summed E-state index contributed by atoms with van der Waals surface area (Å²) in [6.07, 6.45) is 0.